The van der Waals surface area contributed by atoms with Crippen LogP contribution in [0.5, 0.6) is 0 Å². The van der Waals surface area contributed by atoms with Crippen molar-refractivity contribution < 1.29 is 9.59 Å². The first-order chi connectivity index (χ1) is 11.6. The smallest absolute Gasteiger partial charge is 0.264 e. The molecule has 3 heterocycles. The Morgan fingerprint density at radius 1 is 1.29 bits per heavy atom. The third-order valence-corrected chi connectivity index (χ3v) is 6.15. The van der Waals surface area contributed by atoms with Gasteiger partial charge in [0.1, 0.15) is 0 Å². The molecule has 132 valence electrons. The Kier molecular flexibility index (Phi) is 5.89. The maximum Gasteiger partial charge on any atom is 0.264 e. The molecule has 2 aliphatic heterocycles. The quantitative estimate of drug-likeness (QED) is 0.905. The fraction of sp³-hybridized carbons (Fsp3) is 0.667. The van der Waals surface area contributed by atoms with Crippen LogP contribution in [0.1, 0.15) is 35.9 Å². The van der Waals surface area contributed by atoms with Gasteiger partial charge < -0.3 is 15.1 Å². The molecule has 0 aromatic carbocycles. The molecule has 1 aromatic heterocycles. The summed E-state index contributed by atoms with van der Waals surface area (Å²) in [6.07, 6.45) is 3.07. The number of carbonyl (C=O) groups excluding carboxylic acids is 2. The summed E-state index contributed by atoms with van der Waals surface area (Å²) in [6, 6.07) is 3.77. The normalized spacial score (nSPS) is 23.1. The highest BCUT2D eigenvalue weighted by molar-refractivity contribution is 7.12. The van der Waals surface area contributed by atoms with E-state index in [0.29, 0.717) is 44.4 Å². The lowest BCUT2D eigenvalue weighted by molar-refractivity contribution is -0.134. The van der Waals surface area contributed by atoms with Gasteiger partial charge in [0.25, 0.3) is 5.91 Å². The summed E-state index contributed by atoms with van der Waals surface area (Å²) in [4.78, 5) is 29.5. The van der Waals surface area contributed by atoms with Crippen molar-refractivity contribution >= 4 is 23.2 Å². The number of amides is 2. The van der Waals surface area contributed by atoms with Crippen LogP contribution in [0.2, 0.25) is 0 Å². The second-order valence-electron chi connectivity index (χ2n) is 6.94. The fourth-order valence-corrected chi connectivity index (χ4v) is 4.34. The minimum atomic E-state index is 0.0961. The number of piperazine rings is 1. The highest BCUT2D eigenvalue weighted by Crippen LogP contribution is 2.23. The van der Waals surface area contributed by atoms with Crippen molar-refractivity contribution in [3.63, 3.8) is 0 Å². The van der Waals surface area contributed by atoms with Gasteiger partial charge in [-0.15, -0.1) is 11.3 Å². The van der Waals surface area contributed by atoms with Gasteiger partial charge in [-0.1, -0.05) is 13.0 Å². The summed E-state index contributed by atoms with van der Waals surface area (Å²) >= 11 is 1.48. The summed E-state index contributed by atoms with van der Waals surface area (Å²) in [5.74, 6) is 1.38. The van der Waals surface area contributed by atoms with Crippen molar-refractivity contribution in [3.8, 4) is 0 Å². The van der Waals surface area contributed by atoms with Gasteiger partial charge in [-0.25, -0.2) is 0 Å². The van der Waals surface area contributed by atoms with Gasteiger partial charge in [0.15, 0.2) is 0 Å². The number of thiophene rings is 1. The molecule has 2 fully saturated rings. The van der Waals surface area contributed by atoms with Crippen molar-refractivity contribution in [2.75, 3.05) is 39.3 Å². The largest absolute Gasteiger partial charge is 0.339 e. The molecule has 3 rings (SSSR count). The van der Waals surface area contributed by atoms with Gasteiger partial charge in [0.05, 0.1) is 4.88 Å². The van der Waals surface area contributed by atoms with Crippen molar-refractivity contribution in [3.05, 3.63) is 22.4 Å². The molecule has 2 atom stereocenters. The van der Waals surface area contributed by atoms with E-state index < -0.39 is 0 Å². The van der Waals surface area contributed by atoms with Gasteiger partial charge in [-0.2, -0.15) is 0 Å². The molecule has 1 aromatic rings. The van der Waals surface area contributed by atoms with Crippen LogP contribution in [-0.4, -0.2) is 60.9 Å². The molecule has 2 amide bonds. The molecular weight excluding hydrogens is 322 g/mol. The summed E-state index contributed by atoms with van der Waals surface area (Å²) in [5, 5.41) is 5.36. The zero-order valence-electron chi connectivity index (χ0n) is 14.4. The Morgan fingerprint density at radius 2 is 2.04 bits per heavy atom. The molecule has 2 aliphatic rings. The van der Waals surface area contributed by atoms with E-state index in [1.54, 1.807) is 0 Å². The third kappa shape index (κ3) is 4.16. The second-order valence-corrected chi connectivity index (χ2v) is 7.89. The van der Waals surface area contributed by atoms with E-state index in [9.17, 15) is 9.59 Å². The maximum absolute atomic E-state index is 12.6. The maximum atomic E-state index is 12.6. The van der Waals surface area contributed by atoms with E-state index in [0.717, 1.165) is 18.0 Å². The van der Waals surface area contributed by atoms with E-state index in [1.807, 2.05) is 27.3 Å². The summed E-state index contributed by atoms with van der Waals surface area (Å²) in [6.45, 7) is 6.95. The summed E-state index contributed by atoms with van der Waals surface area (Å²) < 4.78 is 0. The molecular formula is C18H27N3O2S. The SMILES string of the molecule is CC(CC(=O)N1CCN(C(=O)c2cccs2)CC1)C1CCCNC1. The fourth-order valence-electron chi connectivity index (χ4n) is 3.65. The zero-order valence-corrected chi connectivity index (χ0v) is 15.2. The molecule has 2 saturated heterocycles. The van der Waals surface area contributed by atoms with Crippen molar-refractivity contribution in [1.82, 2.24) is 15.1 Å². The molecule has 0 radical (unpaired) electrons. The first-order valence-corrected chi connectivity index (χ1v) is 9.84. The van der Waals surface area contributed by atoms with E-state index in [1.165, 1.54) is 24.2 Å². The van der Waals surface area contributed by atoms with Crippen LogP contribution < -0.4 is 5.32 Å². The lowest BCUT2D eigenvalue weighted by atomic mass is 9.85. The predicted octanol–water partition coefficient (Wildman–Crippen LogP) is 2.06. The number of carbonyl (C=O) groups is 2. The van der Waals surface area contributed by atoms with Gasteiger partial charge in [-0.05, 0) is 49.2 Å². The van der Waals surface area contributed by atoms with Crippen LogP contribution in [0.4, 0.5) is 0 Å². The van der Waals surface area contributed by atoms with Crippen LogP contribution in [-0.2, 0) is 4.79 Å². The van der Waals surface area contributed by atoms with Gasteiger partial charge >= 0.3 is 0 Å². The standard InChI is InChI=1S/C18H27N3O2S/c1-14(15-4-2-6-19-13-15)12-17(22)20-7-9-21(10-8-20)18(23)16-5-3-11-24-16/h3,5,11,14-15,19H,2,4,6-10,12-13H2,1H3. The molecule has 1 N–H and O–H groups in total. The number of hydrogen-bond acceptors (Lipinski definition) is 4. The Morgan fingerprint density at radius 3 is 2.67 bits per heavy atom. The highest BCUT2D eigenvalue weighted by atomic mass is 32.1. The minimum absolute atomic E-state index is 0.0961. The van der Waals surface area contributed by atoms with Crippen molar-refractivity contribution in [1.29, 1.82) is 0 Å². The van der Waals surface area contributed by atoms with Gasteiger partial charge in [-0.3, -0.25) is 9.59 Å². The van der Waals surface area contributed by atoms with E-state index in [-0.39, 0.29) is 11.8 Å². The molecule has 0 saturated carbocycles. The van der Waals surface area contributed by atoms with E-state index in [2.05, 4.69) is 12.2 Å². The summed E-state index contributed by atoms with van der Waals surface area (Å²) in [5.41, 5.74) is 0. The highest BCUT2D eigenvalue weighted by Gasteiger charge is 2.28. The lowest BCUT2D eigenvalue weighted by Crippen LogP contribution is -2.51. The zero-order chi connectivity index (χ0) is 16.9. The van der Waals surface area contributed by atoms with Crippen LogP contribution in [0.25, 0.3) is 0 Å². The van der Waals surface area contributed by atoms with E-state index >= 15 is 0 Å². The van der Waals surface area contributed by atoms with Crippen LogP contribution in [0.15, 0.2) is 17.5 Å². The van der Waals surface area contributed by atoms with Crippen LogP contribution in [0.3, 0.4) is 0 Å². The Labute approximate surface area is 148 Å². The Hall–Kier alpha value is -1.40. The monoisotopic (exact) mass is 349 g/mol. The number of rotatable bonds is 4. The lowest BCUT2D eigenvalue weighted by Gasteiger charge is -2.36. The molecule has 6 heteroatoms. The van der Waals surface area contributed by atoms with Crippen molar-refractivity contribution in [2.45, 2.75) is 26.2 Å². The topological polar surface area (TPSA) is 52.7 Å². The number of hydrogen-bond donors (Lipinski definition) is 1. The Bertz CT molecular complexity index is 547. The van der Waals surface area contributed by atoms with Gasteiger partial charge in [0.2, 0.25) is 5.91 Å². The second kappa shape index (κ2) is 8.12. The van der Waals surface area contributed by atoms with Gasteiger partial charge in [0, 0.05) is 32.6 Å². The minimum Gasteiger partial charge on any atom is -0.339 e. The molecule has 0 spiro atoms. The molecule has 2 unspecified atom stereocenters. The number of piperidine rings is 1. The van der Waals surface area contributed by atoms with Crippen LogP contribution >= 0.6 is 11.3 Å². The predicted molar refractivity (Wildman–Crippen MR) is 96.2 cm³/mol. The Balaban J connectivity index is 1.45. The van der Waals surface area contributed by atoms with E-state index in [4.69, 9.17) is 0 Å². The van der Waals surface area contributed by atoms with Crippen molar-refractivity contribution in [2.24, 2.45) is 11.8 Å². The van der Waals surface area contributed by atoms with Crippen LogP contribution in [0, 0.1) is 11.8 Å². The average molecular weight is 350 g/mol. The first kappa shape index (κ1) is 17.4. The number of nitrogens with one attached hydrogen (secondary N) is 1. The number of nitrogens with zero attached hydrogens (tertiary/aromatic N) is 2. The summed E-state index contributed by atoms with van der Waals surface area (Å²) in [7, 11) is 0. The molecule has 24 heavy (non-hydrogen) atoms. The molecule has 0 bridgehead atoms. The third-order valence-electron chi connectivity index (χ3n) is 5.29. The average Bonchev–Trinajstić information content (AvgIpc) is 3.16. The first-order valence-electron chi connectivity index (χ1n) is 8.96. The molecule has 5 nitrogen and oxygen atoms in total. The molecule has 0 aliphatic carbocycles.